The van der Waals surface area contributed by atoms with Crippen LogP contribution in [0.25, 0.3) is 33.3 Å². The lowest BCUT2D eigenvalue weighted by Gasteiger charge is -2.33. The molecular formula is C24H31N7O2. The van der Waals surface area contributed by atoms with Crippen LogP contribution in [0.2, 0.25) is 0 Å². The number of likely N-dealkylation sites (tertiary alicyclic amines) is 1. The summed E-state index contributed by atoms with van der Waals surface area (Å²) in [5, 5.41) is 12.9. The van der Waals surface area contributed by atoms with Crippen molar-refractivity contribution in [3.63, 3.8) is 0 Å². The summed E-state index contributed by atoms with van der Waals surface area (Å²) in [6.07, 6.45) is 1.88. The van der Waals surface area contributed by atoms with E-state index in [2.05, 4.69) is 47.1 Å². The minimum atomic E-state index is -0.341. The Bertz CT molecular complexity index is 1370. The average molecular weight is 450 g/mol. The van der Waals surface area contributed by atoms with Crippen LogP contribution in [0.15, 0.2) is 27.4 Å². The summed E-state index contributed by atoms with van der Waals surface area (Å²) in [5.41, 5.74) is 9.98. The monoisotopic (exact) mass is 449 g/mol. The van der Waals surface area contributed by atoms with E-state index < -0.39 is 0 Å². The van der Waals surface area contributed by atoms with Gasteiger partial charge in [-0.1, -0.05) is 11.6 Å². The third kappa shape index (κ3) is 3.81. The smallest absolute Gasteiger partial charge is 0.292 e. The van der Waals surface area contributed by atoms with Crippen molar-refractivity contribution in [2.75, 3.05) is 46.0 Å². The Labute approximate surface area is 192 Å². The van der Waals surface area contributed by atoms with Crippen molar-refractivity contribution >= 4 is 27.7 Å². The largest absolute Gasteiger partial charge is 0.454 e. The minimum absolute atomic E-state index is 0.149. The second-order valence-electron chi connectivity index (χ2n) is 9.39. The minimum Gasteiger partial charge on any atom is -0.454 e. The van der Waals surface area contributed by atoms with Crippen molar-refractivity contribution < 1.29 is 4.42 Å². The lowest BCUT2D eigenvalue weighted by molar-refractivity contribution is 0.168. The van der Waals surface area contributed by atoms with Crippen LogP contribution in [0.4, 0.5) is 5.82 Å². The molecule has 1 aromatic carbocycles. The standard InChI is InChI=1S/C24H31N7O2/c1-14-5-6-18-17(13-14)15(2)22(33-18)21-19-20(24(32)27-26-23(19)25)28-31(21)16-7-9-30(10-8-16)12-11-29(3)4/h5-6,13,16H,7-12H2,1-4H3,(H2,25,26)(H,27,32). The number of aryl methyl sites for hydroxylation is 2. The van der Waals surface area contributed by atoms with Crippen molar-refractivity contribution in [2.45, 2.75) is 32.7 Å². The molecule has 33 heavy (non-hydrogen) atoms. The third-order valence-corrected chi connectivity index (χ3v) is 6.73. The molecule has 4 aromatic rings. The van der Waals surface area contributed by atoms with Gasteiger partial charge in [0.05, 0.1) is 11.4 Å². The molecule has 0 radical (unpaired) electrons. The predicted molar refractivity (Wildman–Crippen MR) is 131 cm³/mol. The summed E-state index contributed by atoms with van der Waals surface area (Å²) in [4.78, 5) is 17.3. The van der Waals surface area contributed by atoms with Crippen LogP contribution in [0.5, 0.6) is 0 Å². The van der Waals surface area contributed by atoms with Gasteiger partial charge in [0.15, 0.2) is 17.1 Å². The van der Waals surface area contributed by atoms with E-state index in [0.717, 1.165) is 61.2 Å². The number of nitrogens with one attached hydrogen (secondary N) is 1. The van der Waals surface area contributed by atoms with Gasteiger partial charge in [-0.3, -0.25) is 9.48 Å². The van der Waals surface area contributed by atoms with Crippen molar-refractivity contribution in [2.24, 2.45) is 0 Å². The quantitative estimate of drug-likeness (QED) is 0.482. The highest BCUT2D eigenvalue weighted by Crippen LogP contribution is 2.40. The Hall–Kier alpha value is -3.17. The molecule has 1 saturated heterocycles. The summed E-state index contributed by atoms with van der Waals surface area (Å²) in [6.45, 7) is 8.16. The van der Waals surface area contributed by atoms with Crippen LogP contribution in [0, 0.1) is 13.8 Å². The highest BCUT2D eigenvalue weighted by atomic mass is 16.3. The number of aromatic nitrogens is 4. The van der Waals surface area contributed by atoms with Gasteiger partial charge in [-0.15, -0.1) is 0 Å². The number of rotatable bonds is 5. The van der Waals surface area contributed by atoms with Crippen LogP contribution < -0.4 is 11.3 Å². The molecule has 0 spiro atoms. The van der Waals surface area contributed by atoms with E-state index in [1.54, 1.807) is 0 Å². The van der Waals surface area contributed by atoms with Crippen LogP contribution in [-0.2, 0) is 0 Å². The summed E-state index contributed by atoms with van der Waals surface area (Å²) in [7, 11) is 4.20. The number of furan rings is 1. The second kappa shape index (κ2) is 8.31. The molecule has 1 aliphatic heterocycles. The Kier molecular flexibility index (Phi) is 5.46. The maximum Gasteiger partial charge on any atom is 0.292 e. The van der Waals surface area contributed by atoms with Crippen LogP contribution in [-0.4, -0.2) is 70.1 Å². The van der Waals surface area contributed by atoms with E-state index in [1.807, 2.05) is 23.7 Å². The Morgan fingerprint density at radius 2 is 2.00 bits per heavy atom. The van der Waals surface area contributed by atoms with Crippen LogP contribution >= 0.6 is 0 Å². The molecule has 1 fully saturated rings. The van der Waals surface area contributed by atoms with E-state index in [9.17, 15) is 4.79 Å². The molecule has 1 aliphatic rings. The molecule has 0 bridgehead atoms. The number of H-pyrrole nitrogens is 1. The first-order valence-corrected chi connectivity index (χ1v) is 11.5. The number of benzene rings is 1. The zero-order valence-electron chi connectivity index (χ0n) is 19.7. The molecule has 5 rings (SSSR count). The van der Waals surface area contributed by atoms with Gasteiger partial charge in [0.2, 0.25) is 0 Å². The van der Waals surface area contributed by atoms with E-state index in [0.29, 0.717) is 16.7 Å². The van der Waals surface area contributed by atoms with Crippen LogP contribution in [0.3, 0.4) is 0 Å². The Balaban J connectivity index is 1.62. The molecule has 3 N–H and O–H groups in total. The van der Waals surface area contributed by atoms with E-state index in [4.69, 9.17) is 15.2 Å². The number of hydrogen-bond acceptors (Lipinski definition) is 7. The fraction of sp³-hybridized carbons (Fsp3) is 0.458. The number of piperidine rings is 1. The van der Waals surface area contributed by atoms with Gasteiger partial charge in [0, 0.05) is 37.1 Å². The molecule has 4 heterocycles. The van der Waals surface area contributed by atoms with Gasteiger partial charge in [0.1, 0.15) is 11.3 Å². The first-order valence-electron chi connectivity index (χ1n) is 11.5. The molecule has 9 nitrogen and oxygen atoms in total. The first kappa shape index (κ1) is 21.7. The molecule has 0 unspecified atom stereocenters. The second-order valence-corrected chi connectivity index (χ2v) is 9.39. The highest BCUT2D eigenvalue weighted by molar-refractivity contribution is 6.01. The number of fused-ring (bicyclic) bond motifs is 2. The van der Waals surface area contributed by atoms with Crippen molar-refractivity contribution in [1.29, 1.82) is 0 Å². The van der Waals surface area contributed by atoms with Gasteiger partial charge in [-0.05, 0) is 52.9 Å². The average Bonchev–Trinajstić information content (AvgIpc) is 3.34. The molecule has 0 atom stereocenters. The van der Waals surface area contributed by atoms with Gasteiger partial charge < -0.3 is 20.0 Å². The fourth-order valence-electron chi connectivity index (χ4n) is 4.83. The van der Waals surface area contributed by atoms with Crippen molar-refractivity contribution in [1.82, 2.24) is 29.8 Å². The number of nitrogens with two attached hydrogens (primary N) is 1. The summed E-state index contributed by atoms with van der Waals surface area (Å²) in [6, 6.07) is 6.30. The highest BCUT2D eigenvalue weighted by Gasteiger charge is 2.30. The summed E-state index contributed by atoms with van der Waals surface area (Å²) in [5.74, 6) is 0.956. The zero-order valence-corrected chi connectivity index (χ0v) is 19.7. The first-order chi connectivity index (χ1) is 15.8. The van der Waals surface area contributed by atoms with Crippen LogP contribution in [0.1, 0.15) is 30.0 Å². The van der Waals surface area contributed by atoms with E-state index >= 15 is 0 Å². The lowest BCUT2D eigenvalue weighted by atomic mass is 10.0. The van der Waals surface area contributed by atoms with Gasteiger partial charge in [-0.25, -0.2) is 5.10 Å². The molecule has 3 aromatic heterocycles. The maximum absolute atomic E-state index is 12.6. The van der Waals surface area contributed by atoms with Gasteiger partial charge in [-0.2, -0.15) is 10.2 Å². The fourth-order valence-corrected chi connectivity index (χ4v) is 4.83. The molecule has 0 amide bonds. The van der Waals surface area contributed by atoms with E-state index in [-0.39, 0.29) is 17.4 Å². The Morgan fingerprint density at radius 1 is 1.24 bits per heavy atom. The normalized spacial score (nSPS) is 15.9. The van der Waals surface area contributed by atoms with Gasteiger partial charge >= 0.3 is 0 Å². The number of nitrogens with zero attached hydrogens (tertiary/aromatic N) is 5. The van der Waals surface area contributed by atoms with E-state index in [1.165, 1.54) is 5.56 Å². The predicted octanol–water partition coefficient (Wildman–Crippen LogP) is 2.93. The number of anilines is 1. The molecule has 9 heteroatoms. The number of nitrogen functional groups attached to an aromatic ring is 1. The Morgan fingerprint density at radius 3 is 2.73 bits per heavy atom. The molecule has 174 valence electrons. The number of likely N-dealkylation sites (N-methyl/N-ethyl adjacent to an activating group) is 1. The number of aromatic amines is 1. The number of hydrogen-bond donors (Lipinski definition) is 2. The summed E-state index contributed by atoms with van der Waals surface area (Å²) >= 11 is 0. The third-order valence-electron chi connectivity index (χ3n) is 6.73. The van der Waals surface area contributed by atoms with Crippen molar-refractivity contribution in [3.8, 4) is 11.5 Å². The SMILES string of the molecule is Cc1ccc2oc(-c3c4c(N)n[nH]c(=O)c4nn3C3CCN(CCN(C)C)CC3)c(C)c2c1. The maximum atomic E-state index is 12.6. The lowest BCUT2D eigenvalue weighted by Crippen LogP contribution is -2.38. The molecule has 0 aliphatic carbocycles. The summed E-state index contributed by atoms with van der Waals surface area (Å²) < 4.78 is 8.32. The molecular weight excluding hydrogens is 418 g/mol. The molecule has 0 saturated carbocycles. The van der Waals surface area contributed by atoms with Crippen molar-refractivity contribution in [3.05, 3.63) is 39.7 Å². The zero-order chi connectivity index (χ0) is 23.3. The topological polar surface area (TPSA) is 109 Å². The van der Waals surface area contributed by atoms with Gasteiger partial charge in [0.25, 0.3) is 5.56 Å².